The number of urea groups is 1. The first-order valence-corrected chi connectivity index (χ1v) is 7.25. The van der Waals surface area contributed by atoms with E-state index >= 15 is 0 Å². The minimum Gasteiger partial charge on any atom is -0.396 e. The molecular weight excluding hydrogens is 244 g/mol. The molecule has 1 aliphatic rings. The molecule has 5 heteroatoms. The Balaban J connectivity index is 2.17. The van der Waals surface area contributed by atoms with Crippen LogP contribution in [0.3, 0.4) is 0 Å². The van der Waals surface area contributed by atoms with Gasteiger partial charge in [0.15, 0.2) is 0 Å². The average Bonchev–Trinajstić information content (AvgIpc) is 2.71. The van der Waals surface area contributed by atoms with Crippen LogP contribution in [0, 0.1) is 5.41 Å². The van der Waals surface area contributed by atoms with Crippen molar-refractivity contribution in [3.63, 3.8) is 0 Å². The number of nitrogens with one attached hydrogen (secondary N) is 2. The van der Waals surface area contributed by atoms with Crippen LogP contribution in [0.5, 0.6) is 0 Å². The Kier molecular flexibility index (Phi) is 6.58. The number of aliphatic hydroxyl groups is 1. The Morgan fingerprint density at radius 2 is 2.26 bits per heavy atom. The van der Waals surface area contributed by atoms with Gasteiger partial charge in [-0.1, -0.05) is 13.3 Å². The van der Waals surface area contributed by atoms with Gasteiger partial charge in [0.1, 0.15) is 0 Å². The molecule has 0 bridgehead atoms. The molecule has 0 heterocycles. The summed E-state index contributed by atoms with van der Waals surface area (Å²) in [5.74, 6) is 0. The normalized spacial score (nSPS) is 26.7. The zero-order chi connectivity index (χ0) is 14.3. The largest absolute Gasteiger partial charge is 0.396 e. The van der Waals surface area contributed by atoms with Crippen LogP contribution in [0.4, 0.5) is 4.79 Å². The second-order valence-corrected chi connectivity index (χ2v) is 5.93. The van der Waals surface area contributed by atoms with Gasteiger partial charge in [-0.3, -0.25) is 0 Å². The molecule has 0 saturated heterocycles. The molecule has 1 saturated carbocycles. The van der Waals surface area contributed by atoms with Gasteiger partial charge in [-0.2, -0.15) is 0 Å². The summed E-state index contributed by atoms with van der Waals surface area (Å²) in [6, 6.07) is -0.0689. The lowest BCUT2D eigenvalue weighted by Gasteiger charge is -2.30. The number of hydrogen-bond donors (Lipinski definition) is 3. The Morgan fingerprint density at radius 1 is 1.53 bits per heavy atom. The van der Waals surface area contributed by atoms with E-state index in [0.717, 1.165) is 25.7 Å². The highest BCUT2D eigenvalue weighted by Gasteiger charge is 2.38. The van der Waals surface area contributed by atoms with E-state index < -0.39 is 0 Å². The Labute approximate surface area is 116 Å². The van der Waals surface area contributed by atoms with Gasteiger partial charge in [0.05, 0.1) is 12.7 Å². The number of ether oxygens (including phenoxy) is 1. The van der Waals surface area contributed by atoms with E-state index in [9.17, 15) is 9.90 Å². The first-order valence-electron chi connectivity index (χ1n) is 7.25. The summed E-state index contributed by atoms with van der Waals surface area (Å²) < 4.78 is 5.40. The minimum absolute atomic E-state index is 0.0735. The van der Waals surface area contributed by atoms with Gasteiger partial charge in [0.25, 0.3) is 0 Å². The summed E-state index contributed by atoms with van der Waals surface area (Å²) in [6.07, 6.45) is 4.02. The van der Waals surface area contributed by atoms with Crippen molar-refractivity contribution in [2.45, 2.75) is 58.6 Å². The molecule has 0 radical (unpaired) electrons. The van der Waals surface area contributed by atoms with Crippen molar-refractivity contribution in [3.8, 4) is 0 Å². The highest BCUT2D eigenvalue weighted by Crippen LogP contribution is 2.37. The molecule has 1 rings (SSSR count). The Morgan fingerprint density at radius 3 is 2.89 bits per heavy atom. The van der Waals surface area contributed by atoms with Crippen molar-refractivity contribution in [2.75, 3.05) is 19.8 Å². The fourth-order valence-corrected chi connectivity index (χ4v) is 2.47. The van der Waals surface area contributed by atoms with E-state index in [0.29, 0.717) is 13.2 Å². The zero-order valence-corrected chi connectivity index (χ0v) is 12.4. The predicted octanol–water partition coefficient (Wildman–Crippen LogP) is 1.65. The van der Waals surface area contributed by atoms with Gasteiger partial charge in [-0.05, 0) is 33.1 Å². The van der Waals surface area contributed by atoms with Crippen LogP contribution in [-0.4, -0.2) is 43.0 Å². The van der Waals surface area contributed by atoms with E-state index in [-0.39, 0.29) is 30.2 Å². The molecule has 0 aromatic carbocycles. The third-order valence-corrected chi connectivity index (χ3v) is 3.81. The van der Waals surface area contributed by atoms with Crippen LogP contribution in [-0.2, 0) is 4.74 Å². The Bertz CT molecular complexity index is 284. The van der Waals surface area contributed by atoms with Crippen LogP contribution in [0.1, 0.15) is 46.5 Å². The molecule has 0 aromatic heterocycles. The fourth-order valence-electron chi connectivity index (χ4n) is 2.47. The third kappa shape index (κ3) is 5.37. The summed E-state index contributed by atoms with van der Waals surface area (Å²) in [5, 5.41) is 15.2. The fraction of sp³-hybridized carbons (Fsp3) is 0.929. The number of carbonyl (C=O) groups is 1. The van der Waals surface area contributed by atoms with Gasteiger partial charge < -0.3 is 20.5 Å². The van der Waals surface area contributed by atoms with Crippen molar-refractivity contribution in [1.29, 1.82) is 0 Å². The van der Waals surface area contributed by atoms with E-state index in [2.05, 4.69) is 10.6 Å². The quantitative estimate of drug-likeness (QED) is 0.617. The maximum absolute atomic E-state index is 11.8. The molecule has 0 aliphatic heterocycles. The summed E-state index contributed by atoms with van der Waals surface area (Å²) in [6.45, 7) is 7.42. The van der Waals surface area contributed by atoms with Crippen molar-refractivity contribution >= 4 is 6.03 Å². The van der Waals surface area contributed by atoms with Crippen LogP contribution >= 0.6 is 0 Å². The van der Waals surface area contributed by atoms with Crippen LogP contribution in [0.15, 0.2) is 0 Å². The van der Waals surface area contributed by atoms with Gasteiger partial charge in [0, 0.05) is 24.6 Å². The number of amides is 2. The SMILES string of the molecule is CC(C)OCCCNC(=O)NC1CCCC1(C)CO. The molecule has 1 fully saturated rings. The topological polar surface area (TPSA) is 70.6 Å². The molecule has 2 unspecified atom stereocenters. The van der Waals surface area contributed by atoms with Gasteiger partial charge in [-0.15, -0.1) is 0 Å². The first-order chi connectivity index (χ1) is 8.98. The molecule has 2 atom stereocenters. The molecule has 1 aliphatic carbocycles. The number of rotatable bonds is 7. The third-order valence-electron chi connectivity index (χ3n) is 3.81. The number of carbonyl (C=O) groups excluding carboxylic acids is 1. The summed E-state index contributed by atoms with van der Waals surface area (Å²) in [4.78, 5) is 11.8. The summed E-state index contributed by atoms with van der Waals surface area (Å²) in [5.41, 5.74) is -0.169. The maximum Gasteiger partial charge on any atom is 0.315 e. The average molecular weight is 272 g/mol. The molecule has 0 spiro atoms. The van der Waals surface area contributed by atoms with E-state index in [1.165, 1.54) is 0 Å². The van der Waals surface area contributed by atoms with Crippen molar-refractivity contribution in [1.82, 2.24) is 10.6 Å². The van der Waals surface area contributed by atoms with Crippen molar-refractivity contribution in [3.05, 3.63) is 0 Å². The van der Waals surface area contributed by atoms with E-state index in [4.69, 9.17) is 4.74 Å². The van der Waals surface area contributed by atoms with E-state index in [1.807, 2.05) is 20.8 Å². The molecule has 19 heavy (non-hydrogen) atoms. The number of hydrogen-bond acceptors (Lipinski definition) is 3. The molecular formula is C14H28N2O3. The second kappa shape index (κ2) is 7.70. The monoisotopic (exact) mass is 272 g/mol. The summed E-state index contributed by atoms with van der Waals surface area (Å²) >= 11 is 0. The first kappa shape index (κ1) is 16.2. The maximum atomic E-state index is 11.8. The van der Waals surface area contributed by atoms with Gasteiger partial charge in [0.2, 0.25) is 0 Å². The van der Waals surface area contributed by atoms with Crippen LogP contribution < -0.4 is 10.6 Å². The molecule has 2 amide bonds. The number of aliphatic hydroxyl groups excluding tert-OH is 1. The van der Waals surface area contributed by atoms with Crippen LogP contribution in [0.2, 0.25) is 0 Å². The lowest BCUT2D eigenvalue weighted by atomic mass is 9.86. The predicted molar refractivity (Wildman–Crippen MR) is 75.1 cm³/mol. The molecule has 0 aromatic rings. The zero-order valence-electron chi connectivity index (χ0n) is 12.4. The highest BCUT2D eigenvalue weighted by atomic mass is 16.5. The Hall–Kier alpha value is -0.810. The lowest BCUT2D eigenvalue weighted by Crippen LogP contribution is -2.48. The smallest absolute Gasteiger partial charge is 0.315 e. The summed E-state index contributed by atoms with van der Waals surface area (Å²) in [7, 11) is 0. The molecule has 3 N–H and O–H groups in total. The standard InChI is InChI=1S/C14H28N2O3/c1-11(2)19-9-5-8-15-13(18)16-12-6-4-7-14(12,3)10-17/h11-12,17H,4-10H2,1-3H3,(H2,15,16,18). The van der Waals surface area contributed by atoms with E-state index in [1.54, 1.807) is 0 Å². The second-order valence-electron chi connectivity index (χ2n) is 5.93. The highest BCUT2D eigenvalue weighted by molar-refractivity contribution is 5.74. The van der Waals surface area contributed by atoms with Crippen molar-refractivity contribution < 1.29 is 14.6 Å². The van der Waals surface area contributed by atoms with Gasteiger partial charge in [-0.25, -0.2) is 4.79 Å². The minimum atomic E-state index is -0.169. The van der Waals surface area contributed by atoms with Crippen molar-refractivity contribution in [2.24, 2.45) is 5.41 Å². The van der Waals surface area contributed by atoms with Crippen LogP contribution in [0.25, 0.3) is 0 Å². The lowest BCUT2D eigenvalue weighted by molar-refractivity contribution is 0.0773. The van der Waals surface area contributed by atoms with Gasteiger partial charge >= 0.3 is 6.03 Å². The molecule has 112 valence electrons. The molecule has 5 nitrogen and oxygen atoms in total.